The molecule has 0 saturated heterocycles. The van der Waals surface area contributed by atoms with Crippen LogP contribution in [0.5, 0.6) is 0 Å². The van der Waals surface area contributed by atoms with Crippen LogP contribution < -0.4 is 11.1 Å². The van der Waals surface area contributed by atoms with Gasteiger partial charge >= 0.3 is 0 Å². The molecule has 0 bridgehead atoms. The first kappa shape index (κ1) is 21.0. The van der Waals surface area contributed by atoms with Crippen molar-refractivity contribution in [1.82, 2.24) is 9.13 Å². The Morgan fingerprint density at radius 1 is 0.759 bits per heavy atom. The highest BCUT2D eigenvalue weighted by molar-refractivity contribution is 5.99. The second kappa shape index (κ2) is 7.58. The van der Waals surface area contributed by atoms with Crippen LogP contribution in [-0.4, -0.2) is 20.7 Å². The lowest BCUT2D eigenvalue weighted by molar-refractivity contribution is 0.0906. The van der Waals surface area contributed by atoms with Crippen LogP contribution in [0.15, 0.2) is 33.9 Å². The average Bonchev–Trinajstić information content (AvgIpc) is 2.62. The van der Waals surface area contributed by atoms with Gasteiger partial charge in [0.2, 0.25) is 11.1 Å². The van der Waals surface area contributed by atoms with Crippen LogP contribution in [0.2, 0.25) is 0 Å². The van der Waals surface area contributed by atoms with E-state index in [1.807, 2.05) is 6.92 Å². The van der Waals surface area contributed by atoms with Gasteiger partial charge in [-0.3, -0.25) is 19.2 Å². The van der Waals surface area contributed by atoms with E-state index in [0.29, 0.717) is 18.8 Å². The van der Waals surface area contributed by atoms with E-state index in [1.165, 1.54) is 12.1 Å². The quantitative estimate of drug-likeness (QED) is 0.686. The first-order chi connectivity index (χ1) is 13.5. The highest BCUT2D eigenvalue weighted by atomic mass is 16.1. The number of rotatable bonds is 0. The zero-order valence-corrected chi connectivity index (χ0v) is 17.7. The molecule has 6 nitrogen and oxygen atoms in total. The summed E-state index contributed by atoms with van der Waals surface area (Å²) < 4.78 is 3.18. The van der Waals surface area contributed by atoms with Crippen LogP contribution in [0.4, 0.5) is 0 Å². The van der Waals surface area contributed by atoms with Gasteiger partial charge < -0.3 is 9.13 Å². The summed E-state index contributed by atoms with van der Waals surface area (Å²) in [4.78, 5) is 46.3. The summed E-state index contributed by atoms with van der Waals surface area (Å²) in [5.41, 5.74) is 3.10. The van der Waals surface area contributed by atoms with Gasteiger partial charge in [0.25, 0.3) is 0 Å². The summed E-state index contributed by atoms with van der Waals surface area (Å²) in [5, 5.41) is 0. The minimum Gasteiger partial charge on any atom is -0.315 e. The number of hydrogen-bond donors (Lipinski definition) is 0. The van der Waals surface area contributed by atoms with Crippen molar-refractivity contribution in [3.63, 3.8) is 0 Å². The Hall–Kier alpha value is -2.76. The van der Waals surface area contributed by atoms with Crippen LogP contribution in [-0.2, 0) is 26.9 Å². The monoisotopic (exact) mass is 396 g/mol. The number of Topliss-reactive ketones (excluding diaryl/α,β-unsaturated/α-hetero) is 2. The minimum atomic E-state index is -0.0424. The molecule has 0 spiro atoms. The molecule has 0 aromatic carbocycles. The number of carbonyl (C=O) groups excluding carboxylic acids is 2. The Morgan fingerprint density at radius 3 is 1.86 bits per heavy atom. The van der Waals surface area contributed by atoms with Gasteiger partial charge in [-0.05, 0) is 36.3 Å². The molecule has 0 radical (unpaired) electrons. The molecule has 0 amide bonds. The number of hydrogen-bond acceptors (Lipinski definition) is 4. The van der Waals surface area contributed by atoms with Gasteiger partial charge in [0.15, 0.2) is 11.6 Å². The minimum absolute atomic E-state index is 0.0321. The van der Waals surface area contributed by atoms with Crippen molar-refractivity contribution in [2.75, 3.05) is 0 Å². The molecular formula is C23H28N2O4. The molecule has 2 aromatic rings. The zero-order valence-electron chi connectivity index (χ0n) is 17.7. The van der Waals surface area contributed by atoms with Gasteiger partial charge in [-0.25, -0.2) is 0 Å². The molecule has 0 N–H and O–H groups in total. The number of aromatic nitrogens is 2. The topological polar surface area (TPSA) is 78.1 Å². The normalized spacial score (nSPS) is 19.7. The van der Waals surface area contributed by atoms with Crippen LogP contribution >= 0.6 is 0 Å². The van der Waals surface area contributed by atoms with Crippen LogP contribution in [0.25, 0.3) is 0 Å². The summed E-state index contributed by atoms with van der Waals surface area (Å²) in [5.74, 6) is 0.661. The summed E-state index contributed by atoms with van der Waals surface area (Å²) in [6.45, 7) is 6.16. The predicted octanol–water partition coefficient (Wildman–Crippen LogP) is 2.69. The van der Waals surface area contributed by atoms with Crippen molar-refractivity contribution in [3.8, 4) is 0 Å². The lowest BCUT2D eigenvalue weighted by atomic mass is 9.75. The number of fused-ring (bicyclic) bond motifs is 2. The van der Waals surface area contributed by atoms with Gasteiger partial charge in [0, 0.05) is 61.6 Å². The molecule has 2 aliphatic carbocycles. The third kappa shape index (κ3) is 4.16. The summed E-state index contributed by atoms with van der Waals surface area (Å²) in [7, 11) is 3.46. The lowest BCUT2D eigenvalue weighted by Crippen LogP contribution is -2.33. The second-order valence-corrected chi connectivity index (χ2v) is 9.06. The largest absolute Gasteiger partial charge is 0.315 e. The number of ketones is 2. The molecule has 0 fully saturated rings. The van der Waals surface area contributed by atoms with Crippen molar-refractivity contribution in [2.45, 2.75) is 46.5 Å². The van der Waals surface area contributed by atoms with E-state index in [9.17, 15) is 19.2 Å². The molecule has 29 heavy (non-hydrogen) atoms. The molecule has 2 aromatic heterocycles. The standard InChI is InChI=1S/C12H15NO2.C11H13NO2/c1-12(2)6-9-8(10(14)7-12)4-5-11(15)13(9)3;1-7-5-9-8(10(13)6-7)3-4-11(14)12(9)2/h4-5H,6-7H2,1-3H3;3-4,7H,5-6H2,1-2H3. The lowest BCUT2D eigenvalue weighted by Gasteiger charge is -2.31. The van der Waals surface area contributed by atoms with Crippen LogP contribution in [0, 0.1) is 11.3 Å². The number of carbonyl (C=O) groups is 2. The Morgan fingerprint density at radius 2 is 1.28 bits per heavy atom. The van der Waals surface area contributed by atoms with Crippen molar-refractivity contribution >= 4 is 11.6 Å². The van der Waals surface area contributed by atoms with Gasteiger partial charge in [0.05, 0.1) is 0 Å². The fourth-order valence-electron chi connectivity index (χ4n) is 4.20. The van der Waals surface area contributed by atoms with E-state index < -0.39 is 0 Å². The number of pyridine rings is 2. The number of nitrogens with zero attached hydrogens (tertiary/aromatic N) is 2. The van der Waals surface area contributed by atoms with Gasteiger partial charge in [0.1, 0.15) is 0 Å². The van der Waals surface area contributed by atoms with Crippen LogP contribution in [0.1, 0.15) is 65.7 Å². The predicted molar refractivity (Wildman–Crippen MR) is 112 cm³/mol. The van der Waals surface area contributed by atoms with Crippen molar-refractivity contribution in [1.29, 1.82) is 0 Å². The van der Waals surface area contributed by atoms with Crippen molar-refractivity contribution < 1.29 is 9.59 Å². The third-order valence-electron chi connectivity index (χ3n) is 5.84. The average molecular weight is 396 g/mol. The molecule has 2 heterocycles. The highest BCUT2D eigenvalue weighted by Crippen LogP contribution is 2.33. The summed E-state index contributed by atoms with van der Waals surface area (Å²) in [6.07, 6.45) is 2.79. The molecule has 154 valence electrons. The van der Waals surface area contributed by atoms with E-state index in [2.05, 4.69) is 13.8 Å². The molecule has 2 aliphatic rings. The molecule has 0 saturated carbocycles. The SMILES string of the molecule is CC1CC(=O)c2ccc(=O)n(C)c2C1.Cn1c2c(ccc1=O)C(=O)CC(C)(C)C2. The smallest absolute Gasteiger partial charge is 0.250 e. The van der Waals surface area contributed by atoms with Crippen molar-refractivity contribution in [2.24, 2.45) is 25.4 Å². The molecule has 1 unspecified atom stereocenters. The summed E-state index contributed by atoms with van der Waals surface area (Å²) in [6, 6.07) is 6.25. The van der Waals surface area contributed by atoms with Gasteiger partial charge in [-0.2, -0.15) is 0 Å². The van der Waals surface area contributed by atoms with Crippen LogP contribution in [0.3, 0.4) is 0 Å². The third-order valence-corrected chi connectivity index (χ3v) is 5.84. The highest BCUT2D eigenvalue weighted by Gasteiger charge is 2.32. The maximum Gasteiger partial charge on any atom is 0.250 e. The van der Waals surface area contributed by atoms with E-state index in [0.717, 1.165) is 35.4 Å². The fourth-order valence-corrected chi connectivity index (χ4v) is 4.20. The molecular weight excluding hydrogens is 368 g/mol. The Bertz CT molecular complexity index is 1100. The fraction of sp³-hybridized carbons (Fsp3) is 0.478. The first-order valence-corrected chi connectivity index (χ1v) is 9.94. The Labute approximate surface area is 170 Å². The first-order valence-electron chi connectivity index (χ1n) is 9.94. The zero-order chi connectivity index (χ0) is 21.5. The maximum atomic E-state index is 11.8. The maximum absolute atomic E-state index is 11.8. The van der Waals surface area contributed by atoms with E-state index in [-0.39, 0.29) is 28.1 Å². The Balaban J connectivity index is 0.000000166. The van der Waals surface area contributed by atoms with Gasteiger partial charge in [-0.15, -0.1) is 0 Å². The van der Waals surface area contributed by atoms with E-state index in [4.69, 9.17) is 0 Å². The van der Waals surface area contributed by atoms with Gasteiger partial charge in [-0.1, -0.05) is 20.8 Å². The van der Waals surface area contributed by atoms with E-state index in [1.54, 1.807) is 35.4 Å². The van der Waals surface area contributed by atoms with E-state index >= 15 is 0 Å². The molecule has 6 heteroatoms. The summed E-state index contributed by atoms with van der Waals surface area (Å²) >= 11 is 0. The second-order valence-electron chi connectivity index (χ2n) is 9.06. The molecule has 4 rings (SSSR count). The van der Waals surface area contributed by atoms with Crippen molar-refractivity contribution in [3.05, 3.63) is 67.5 Å². The molecule has 0 aliphatic heterocycles. The Kier molecular flexibility index (Phi) is 5.48. The molecule has 1 atom stereocenters.